The Hall–Kier alpha value is -4.79. The van der Waals surface area contributed by atoms with Crippen LogP contribution in [0.5, 0.6) is 11.5 Å². The molecule has 0 bridgehead atoms. The molecule has 4 amide bonds. The molecule has 1 aromatic carbocycles. The van der Waals surface area contributed by atoms with Crippen LogP contribution in [0.2, 0.25) is 0 Å². The number of carboxylic acids is 1. The zero-order valence-electron chi connectivity index (χ0n) is 39.4. The van der Waals surface area contributed by atoms with Crippen LogP contribution >= 0.6 is 11.3 Å². The smallest absolute Gasteiger partial charge is 0.329 e. The van der Waals surface area contributed by atoms with E-state index >= 15 is 4.79 Å². The molecule has 18 nitrogen and oxygen atoms in total. The van der Waals surface area contributed by atoms with Crippen LogP contribution in [-0.4, -0.2) is 137 Å². The van der Waals surface area contributed by atoms with Gasteiger partial charge in [0.2, 0.25) is 11.8 Å². The summed E-state index contributed by atoms with van der Waals surface area (Å²) in [5, 5.41) is 25.8. The highest BCUT2D eigenvalue weighted by Crippen LogP contribution is 2.46. The van der Waals surface area contributed by atoms with Gasteiger partial charge in [0.15, 0.2) is 5.13 Å². The molecule has 4 heterocycles. The van der Waals surface area contributed by atoms with Gasteiger partial charge in [-0.25, -0.2) is 19.6 Å². The van der Waals surface area contributed by atoms with Crippen molar-refractivity contribution < 1.29 is 42.2 Å². The first-order valence-electron chi connectivity index (χ1n) is 23.3. The molecular formula is C46H67N9O9S2. The average molecular weight is 954 g/mol. The zero-order valence-corrected chi connectivity index (χ0v) is 41.0. The minimum Gasteiger partial charge on any atom is -0.497 e. The van der Waals surface area contributed by atoms with E-state index in [4.69, 9.17) is 19.4 Å². The van der Waals surface area contributed by atoms with Gasteiger partial charge in [-0.15, -0.1) is 11.3 Å². The molecule has 2 saturated carbocycles. The Labute approximate surface area is 392 Å². The lowest BCUT2D eigenvalue weighted by Gasteiger charge is -2.39. The van der Waals surface area contributed by atoms with Crippen molar-refractivity contribution in [1.82, 2.24) is 39.4 Å². The number of nitrogens with one attached hydrogen (secondary N) is 4. The standard InChI is InChI=1S/C46H67N9O9S2/c1-9-29-23-46(29,42(58)59)52-40(56)36-21-31(64-37-22-34(35-26-65-44(49-35)47-27(2)3)48-33-20-30(63-8)16-17-32(33)37)24-55(36)41(57)39(28-14-11-10-12-15-28)51-43(60)50-38(45(4,5)6)25-54-19-13-18-53(7)66(54,61)62/h16-17,20,22,26-29,31,36,38-39H,9-15,18-19,21,23-25H2,1-8H3,(H,47,49)(H,52,56)(H,58,59)(H2,50,51,60)/t29?,31-,36+,38-,39+,46-/m1/s1. The summed E-state index contributed by atoms with van der Waals surface area (Å²) < 4.78 is 41.6. The van der Waals surface area contributed by atoms with Crippen molar-refractivity contribution in [3.05, 3.63) is 29.6 Å². The van der Waals surface area contributed by atoms with Crippen molar-refractivity contribution in [2.24, 2.45) is 17.3 Å². The number of urea groups is 1. The van der Waals surface area contributed by atoms with Crippen LogP contribution in [0.1, 0.15) is 99.3 Å². The Bertz CT molecular complexity index is 2380. The Balaban J connectivity index is 1.20. The number of fused-ring (bicyclic) bond motifs is 1. The number of hydrogen-bond donors (Lipinski definition) is 5. The number of rotatable bonds is 16. The number of benzene rings is 1. The number of aliphatic carboxylic acids is 1. The van der Waals surface area contributed by atoms with E-state index in [1.54, 1.807) is 32.4 Å². The largest absolute Gasteiger partial charge is 0.497 e. The van der Waals surface area contributed by atoms with E-state index in [9.17, 15) is 27.9 Å². The third-order valence-corrected chi connectivity index (χ3v) is 16.4. The first-order valence-corrected chi connectivity index (χ1v) is 25.5. The molecule has 3 aromatic rings. The van der Waals surface area contributed by atoms with Gasteiger partial charge in [0.25, 0.3) is 10.2 Å². The van der Waals surface area contributed by atoms with Crippen LogP contribution in [0.15, 0.2) is 29.6 Å². The van der Waals surface area contributed by atoms with Crippen LogP contribution in [-0.2, 0) is 24.6 Å². The quantitative estimate of drug-likeness (QED) is 0.121. The Kier molecular flexibility index (Phi) is 14.7. The fourth-order valence-corrected chi connectivity index (χ4v) is 11.9. The normalized spacial score (nSPS) is 24.7. The van der Waals surface area contributed by atoms with Gasteiger partial charge < -0.3 is 40.7 Å². The molecule has 2 aromatic heterocycles. The Morgan fingerprint density at radius 2 is 1.76 bits per heavy atom. The molecule has 0 radical (unpaired) electrons. The molecule has 6 atom stereocenters. The summed E-state index contributed by atoms with van der Waals surface area (Å²) in [6.45, 7) is 12.5. The molecule has 1 unspecified atom stereocenters. The second kappa shape index (κ2) is 19.8. The Morgan fingerprint density at radius 3 is 2.41 bits per heavy atom. The monoisotopic (exact) mass is 953 g/mol. The molecule has 362 valence electrons. The number of anilines is 1. The van der Waals surface area contributed by atoms with E-state index in [0.717, 1.165) is 24.4 Å². The van der Waals surface area contributed by atoms with E-state index < -0.39 is 69.2 Å². The van der Waals surface area contributed by atoms with E-state index in [0.29, 0.717) is 72.6 Å². The number of amides is 4. The molecule has 66 heavy (non-hydrogen) atoms. The van der Waals surface area contributed by atoms with Gasteiger partial charge >= 0.3 is 12.0 Å². The van der Waals surface area contributed by atoms with E-state index in [1.807, 2.05) is 53.0 Å². The second-order valence-corrected chi connectivity index (χ2v) is 22.6. The lowest BCUT2D eigenvalue weighted by molar-refractivity contribution is -0.146. The second-order valence-electron chi connectivity index (χ2n) is 19.7. The maximum Gasteiger partial charge on any atom is 0.329 e. The highest BCUT2D eigenvalue weighted by molar-refractivity contribution is 7.86. The SMILES string of the molecule is CCC1C[C@]1(NC(=O)[C@@H]1C[C@@H](Oc2cc(-c3csc(NC(C)C)n3)nc3cc(OC)ccc23)CN1C(=O)[C@@H](NC(=O)N[C@H](CN1CCCN(C)S1(=O)=O)C(C)(C)C)C1CCCCC1)C(=O)O. The number of likely N-dealkylation sites (tertiary alicyclic amines) is 1. The van der Waals surface area contributed by atoms with Crippen LogP contribution in [0.3, 0.4) is 0 Å². The summed E-state index contributed by atoms with van der Waals surface area (Å²) in [5.74, 6) is -1.66. The average Bonchev–Trinajstić information content (AvgIpc) is 3.53. The van der Waals surface area contributed by atoms with Crippen LogP contribution in [0, 0.1) is 17.3 Å². The van der Waals surface area contributed by atoms with Gasteiger partial charge in [-0.1, -0.05) is 53.4 Å². The van der Waals surface area contributed by atoms with Crippen LogP contribution in [0.25, 0.3) is 22.3 Å². The number of hydrogen-bond acceptors (Lipinski definition) is 12. The number of aromatic nitrogens is 2. The minimum atomic E-state index is -3.72. The fourth-order valence-electron chi connectivity index (χ4n) is 9.58. The van der Waals surface area contributed by atoms with Gasteiger partial charge in [0, 0.05) is 68.1 Å². The molecule has 2 aliphatic heterocycles. The van der Waals surface area contributed by atoms with Gasteiger partial charge in [0.1, 0.15) is 40.9 Å². The molecule has 2 aliphatic carbocycles. The van der Waals surface area contributed by atoms with Gasteiger partial charge in [0.05, 0.1) is 24.9 Å². The third-order valence-electron chi connectivity index (χ3n) is 13.6. The lowest BCUT2D eigenvalue weighted by atomic mass is 9.83. The number of pyridine rings is 1. The van der Waals surface area contributed by atoms with Crippen molar-refractivity contribution in [3.63, 3.8) is 0 Å². The number of thiazole rings is 1. The number of ether oxygens (including phenoxy) is 2. The summed E-state index contributed by atoms with van der Waals surface area (Å²) in [6.07, 6.45) is 4.84. The summed E-state index contributed by atoms with van der Waals surface area (Å²) in [7, 11) is -0.605. The van der Waals surface area contributed by atoms with Crippen molar-refractivity contribution >= 4 is 61.4 Å². The van der Waals surface area contributed by atoms with Crippen molar-refractivity contribution in [1.29, 1.82) is 0 Å². The lowest BCUT2D eigenvalue weighted by Crippen LogP contribution is -2.61. The van der Waals surface area contributed by atoms with E-state index in [-0.39, 0.29) is 43.8 Å². The highest BCUT2D eigenvalue weighted by atomic mass is 32.2. The molecular weight excluding hydrogens is 887 g/mol. The van der Waals surface area contributed by atoms with Crippen molar-refractivity contribution in [2.75, 3.05) is 45.7 Å². The van der Waals surface area contributed by atoms with Crippen molar-refractivity contribution in [2.45, 2.75) is 135 Å². The maximum absolute atomic E-state index is 15.3. The molecule has 4 fully saturated rings. The predicted octanol–water partition coefficient (Wildman–Crippen LogP) is 5.45. The molecule has 5 N–H and O–H groups in total. The van der Waals surface area contributed by atoms with Gasteiger partial charge in [-0.05, 0) is 68.9 Å². The molecule has 4 aliphatic rings. The summed E-state index contributed by atoms with van der Waals surface area (Å²) in [6, 6.07) is 4.01. The summed E-state index contributed by atoms with van der Waals surface area (Å²) >= 11 is 1.45. The number of methoxy groups -OCH3 is 1. The number of nitrogens with zero attached hydrogens (tertiary/aromatic N) is 5. The summed E-state index contributed by atoms with van der Waals surface area (Å²) in [5.41, 5.74) is -0.241. The maximum atomic E-state index is 15.3. The van der Waals surface area contributed by atoms with Gasteiger partial charge in [-0.3, -0.25) is 9.59 Å². The predicted molar refractivity (Wildman–Crippen MR) is 253 cm³/mol. The van der Waals surface area contributed by atoms with Gasteiger partial charge in [-0.2, -0.15) is 17.0 Å². The van der Waals surface area contributed by atoms with E-state index in [1.165, 1.54) is 24.8 Å². The molecule has 7 rings (SSSR count). The molecule has 20 heteroatoms. The molecule has 0 spiro atoms. The highest BCUT2D eigenvalue weighted by Gasteiger charge is 2.61. The molecule has 2 saturated heterocycles. The van der Waals surface area contributed by atoms with Crippen LogP contribution < -0.4 is 30.7 Å². The fraction of sp³-hybridized carbons (Fsp3) is 0.652. The van der Waals surface area contributed by atoms with E-state index in [2.05, 4.69) is 21.3 Å². The summed E-state index contributed by atoms with van der Waals surface area (Å²) in [4.78, 5) is 67.7. The van der Waals surface area contributed by atoms with Crippen LogP contribution in [0.4, 0.5) is 9.93 Å². The number of carbonyl (C=O) groups is 4. The Morgan fingerprint density at radius 1 is 1.02 bits per heavy atom. The topological polar surface area (TPSA) is 225 Å². The number of carboxylic acid groups (broad SMARTS) is 1. The minimum absolute atomic E-state index is 0.0276. The van der Waals surface area contributed by atoms with Crippen molar-refractivity contribution in [3.8, 4) is 22.9 Å². The zero-order chi connectivity index (χ0) is 47.7. The third kappa shape index (κ3) is 10.7. The first-order chi connectivity index (χ1) is 31.2. The number of carbonyl (C=O) groups excluding carboxylic acids is 3. The first kappa shape index (κ1) is 49.1.